The molecule has 3 aliphatic rings. The third kappa shape index (κ3) is 3.95. The Balaban J connectivity index is 1.47. The van der Waals surface area contributed by atoms with Gasteiger partial charge in [-0.15, -0.1) is 0 Å². The third-order valence-electron chi connectivity index (χ3n) is 7.15. The smallest absolute Gasteiger partial charge is 0.410 e. The molecule has 0 spiro atoms. The summed E-state index contributed by atoms with van der Waals surface area (Å²) in [6, 6.07) is 2.82. The van der Waals surface area contributed by atoms with Crippen molar-refractivity contribution >= 4 is 11.7 Å². The molecule has 184 valence electrons. The molecular formula is C23H28F3N5O3. The van der Waals surface area contributed by atoms with Crippen molar-refractivity contribution in [3.63, 3.8) is 0 Å². The lowest BCUT2D eigenvalue weighted by Gasteiger charge is -2.38. The first-order chi connectivity index (χ1) is 16.3. The molecular weight excluding hydrogens is 451 g/mol. The first kappa shape index (κ1) is 22.8. The maximum Gasteiger partial charge on any atom is 0.410 e. The Labute approximate surface area is 195 Å². The van der Waals surface area contributed by atoms with E-state index >= 15 is 0 Å². The van der Waals surface area contributed by atoms with Crippen LogP contribution in [-0.4, -0.2) is 78.1 Å². The van der Waals surface area contributed by atoms with Gasteiger partial charge in [-0.3, -0.25) is 9.69 Å². The minimum Gasteiger partial charge on any atom is -0.493 e. The predicted molar refractivity (Wildman–Crippen MR) is 118 cm³/mol. The zero-order valence-corrected chi connectivity index (χ0v) is 19.1. The molecule has 11 heteroatoms. The Morgan fingerprint density at radius 3 is 2.68 bits per heavy atom. The minimum absolute atomic E-state index is 0.104. The molecule has 0 bridgehead atoms. The lowest BCUT2D eigenvalue weighted by Crippen LogP contribution is -2.52. The molecule has 1 N–H and O–H groups in total. The van der Waals surface area contributed by atoms with Gasteiger partial charge in [-0.25, -0.2) is 4.68 Å². The summed E-state index contributed by atoms with van der Waals surface area (Å²) in [7, 11) is 2.97. The summed E-state index contributed by atoms with van der Waals surface area (Å²) in [5, 5.41) is 7.17. The third-order valence-corrected chi connectivity index (χ3v) is 7.15. The summed E-state index contributed by atoms with van der Waals surface area (Å²) < 4.78 is 53.7. The molecule has 2 aromatic rings. The first-order valence-electron chi connectivity index (χ1n) is 11.5. The molecule has 34 heavy (non-hydrogen) atoms. The lowest BCUT2D eigenvalue weighted by molar-refractivity contribution is -0.173. The van der Waals surface area contributed by atoms with Crippen LogP contribution in [-0.2, 0) is 0 Å². The van der Waals surface area contributed by atoms with Crippen molar-refractivity contribution in [2.45, 2.75) is 43.6 Å². The van der Waals surface area contributed by atoms with Crippen LogP contribution in [0.15, 0.2) is 24.4 Å². The summed E-state index contributed by atoms with van der Waals surface area (Å²) >= 11 is 0. The van der Waals surface area contributed by atoms with Crippen LogP contribution >= 0.6 is 0 Å². The van der Waals surface area contributed by atoms with Gasteiger partial charge in [0, 0.05) is 32.1 Å². The number of rotatable bonds is 4. The van der Waals surface area contributed by atoms with E-state index in [2.05, 4.69) is 15.3 Å². The van der Waals surface area contributed by atoms with Gasteiger partial charge in [0.1, 0.15) is 11.4 Å². The molecule has 1 aromatic heterocycles. The number of anilines is 1. The lowest BCUT2D eigenvalue weighted by atomic mass is 9.96. The zero-order valence-electron chi connectivity index (χ0n) is 19.1. The molecule has 3 atom stereocenters. The fraction of sp³-hybridized carbons (Fsp3) is 0.565. The molecule has 1 aromatic carbocycles. The molecule has 0 aliphatic carbocycles. The largest absolute Gasteiger partial charge is 0.493 e. The summed E-state index contributed by atoms with van der Waals surface area (Å²) in [6.45, 7) is 2.97. The van der Waals surface area contributed by atoms with Crippen LogP contribution in [0, 0.1) is 0 Å². The highest BCUT2D eigenvalue weighted by molar-refractivity contribution is 5.99. The van der Waals surface area contributed by atoms with E-state index in [9.17, 15) is 18.0 Å². The number of ether oxygens (including phenoxy) is 2. The van der Waals surface area contributed by atoms with E-state index in [1.54, 1.807) is 23.1 Å². The van der Waals surface area contributed by atoms with Crippen LogP contribution < -0.4 is 14.8 Å². The van der Waals surface area contributed by atoms with E-state index in [1.807, 2.05) is 0 Å². The Bertz CT molecular complexity index is 1070. The summed E-state index contributed by atoms with van der Waals surface area (Å²) in [4.78, 5) is 17.5. The number of hydrogen-bond donors (Lipinski definition) is 1. The first-order valence-corrected chi connectivity index (χ1v) is 11.5. The standard InChI is InChI=1S/C23H28F3N5O3/c1-33-18-6-5-14(10-19(18)34-2)17-11-20(23(24,25)26)31-21(28-17)16(12-27-31)22(32)30-9-8-29-7-3-4-15(29)13-30/h5-6,10,12,15,17,20,28H,3-4,7-9,11,13H2,1-2H3/t15-,17+,20-/m1/s1. The van der Waals surface area contributed by atoms with Gasteiger partial charge < -0.3 is 19.7 Å². The van der Waals surface area contributed by atoms with Gasteiger partial charge in [-0.2, -0.15) is 18.3 Å². The zero-order chi connectivity index (χ0) is 24.0. The molecule has 0 saturated carbocycles. The maximum atomic E-state index is 14.1. The average molecular weight is 480 g/mol. The molecule has 5 rings (SSSR count). The Morgan fingerprint density at radius 2 is 1.94 bits per heavy atom. The molecule has 4 heterocycles. The average Bonchev–Trinajstić information content (AvgIpc) is 3.48. The Kier molecular flexibility index (Phi) is 5.83. The number of amides is 1. The number of methoxy groups -OCH3 is 2. The number of benzene rings is 1. The number of carbonyl (C=O) groups is 1. The quantitative estimate of drug-likeness (QED) is 0.724. The van der Waals surface area contributed by atoms with Gasteiger partial charge in [0.2, 0.25) is 0 Å². The Morgan fingerprint density at radius 1 is 1.15 bits per heavy atom. The van der Waals surface area contributed by atoms with Crippen LogP contribution in [0.1, 0.15) is 47.3 Å². The molecule has 2 saturated heterocycles. The normalized spacial score (nSPS) is 24.9. The fourth-order valence-corrected chi connectivity index (χ4v) is 5.35. The summed E-state index contributed by atoms with van der Waals surface area (Å²) in [5.74, 6) is 0.734. The second-order valence-corrected chi connectivity index (χ2v) is 9.04. The van der Waals surface area contributed by atoms with Gasteiger partial charge in [0.25, 0.3) is 5.91 Å². The topological polar surface area (TPSA) is 71.9 Å². The number of nitrogens with zero attached hydrogens (tertiary/aromatic N) is 4. The van der Waals surface area contributed by atoms with Crippen molar-refractivity contribution in [2.75, 3.05) is 45.7 Å². The monoisotopic (exact) mass is 479 g/mol. The van der Waals surface area contributed by atoms with Crippen LogP contribution in [0.5, 0.6) is 11.5 Å². The SMILES string of the molecule is COc1ccc([C@@H]2C[C@H](C(F)(F)F)n3ncc(C(=O)N4CCN5CCC[C@@H]5C4)c3N2)cc1OC. The van der Waals surface area contributed by atoms with Crippen molar-refractivity contribution < 1.29 is 27.4 Å². The highest BCUT2D eigenvalue weighted by Gasteiger charge is 2.48. The molecule has 2 fully saturated rings. The second kappa shape index (κ2) is 8.68. The predicted octanol–water partition coefficient (Wildman–Crippen LogP) is 3.48. The van der Waals surface area contributed by atoms with Crippen molar-refractivity contribution in [2.24, 2.45) is 0 Å². The van der Waals surface area contributed by atoms with Gasteiger partial charge in [0.15, 0.2) is 17.5 Å². The van der Waals surface area contributed by atoms with Crippen LogP contribution in [0.2, 0.25) is 0 Å². The van der Waals surface area contributed by atoms with Gasteiger partial charge in [-0.05, 0) is 37.1 Å². The molecule has 3 aliphatic heterocycles. The molecule has 0 radical (unpaired) electrons. The number of alkyl halides is 3. The molecule has 1 amide bonds. The van der Waals surface area contributed by atoms with Crippen molar-refractivity contribution in [3.05, 3.63) is 35.5 Å². The van der Waals surface area contributed by atoms with E-state index in [4.69, 9.17) is 9.47 Å². The Hall–Kier alpha value is -2.95. The van der Waals surface area contributed by atoms with Crippen LogP contribution in [0.3, 0.4) is 0 Å². The minimum atomic E-state index is -4.52. The number of fused-ring (bicyclic) bond motifs is 2. The van der Waals surface area contributed by atoms with Crippen LogP contribution in [0.4, 0.5) is 19.0 Å². The van der Waals surface area contributed by atoms with Gasteiger partial charge in [0.05, 0.1) is 26.5 Å². The number of hydrogen-bond acceptors (Lipinski definition) is 6. The van der Waals surface area contributed by atoms with Crippen molar-refractivity contribution in [1.82, 2.24) is 19.6 Å². The maximum absolute atomic E-state index is 14.1. The number of piperazine rings is 1. The van der Waals surface area contributed by atoms with Crippen LogP contribution in [0.25, 0.3) is 0 Å². The highest BCUT2D eigenvalue weighted by atomic mass is 19.4. The number of carbonyl (C=O) groups excluding carboxylic acids is 1. The van der Waals surface area contributed by atoms with E-state index in [1.165, 1.54) is 20.4 Å². The van der Waals surface area contributed by atoms with E-state index in [0.29, 0.717) is 36.2 Å². The summed E-state index contributed by atoms with van der Waals surface area (Å²) in [6.07, 6.45) is -1.37. The number of aromatic nitrogens is 2. The summed E-state index contributed by atoms with van der Waals surface area (Å²) in [5.41, 5.74) is 0.781. The van der Waals surface area contributed by atoms with Crippen molar-refractivity contribution in [1.29, 1.82) is 0 Å². The number of nitrogens with one attached hydrogen (secondary N) is 1. The van der Waals surface area contributed by atoms with Crippen molar-refractivity contribution in [3.8, 4) is 11.5 Å². The highest BCUT2D eigenvalue weighted by Crippen LogP contribution is 2.45. The number of halogens is 3. The van der Waals surface area contributed by atoms with Gasteiger partial charge >= 0.3 is 6.18 Å². The van der Waals surface area contributed by atoms with E-state index in [-0.39, 0.29) is 23.7 Å². The fourth-order valence-electron chi connectivity index (χ4n) is 5.35. The molecule has 8 nitrogen and oxygen atoms in total. The van der Waals surface area contributed by atoms with Gasteiger partial charge in [-0.1, -0.05) is 6.07 Å². The second-order valence-electron chi connectivity index (χ2n) is 9.04. The van der Waals surface area contributed by atoms with E-state index in [0.717, 1.165) is 30.6 Å². The van der Waals surface area contributed by atoms with E-state index < -0.39 is 18.3 Å². The molecule has 0 unspecified atom stereocenters.